The minimum absolute atomic E-state index is 0.162. The molecule has 5 atom stereocenters. The SMILES string of the molecule is COc1cc2c(Nc3ccc(Br)c(Cl)c3)ncnc2cc1C(O)[C@H](O)[C@@H](O)[C@H](O)[C@H](CO)SC. The fraction of sp³-hybridized carbons (Fsp3) is 0.364. The third kappa shape index (κ3) is 5.74. The molecule has 0 saturated heterocycles. The fourth-order valence-electron chi connectivity index (χ4n) is 3.43. The van der Waals surface area contributed by atoms with Crippen LogP contribution in [-0.4, -0.2) is 79.0 Å². The first-order valence-corrected chi connectivity index (χ1v) is 12.6. The van der Waals surface area contributed by atoms with E-state index in [1.807, 2.05) is 6.07 Å². The standard InChI is InChI=1S/C22H25BrClN3O6S/c1-33-16-7-11-15(25-9-26-22(11)27-10-3-4-13(23)14(24)5-10)6-12(16)18(29)20(31)21(32)19(30)17(8-28)34-2/h3-7,9,17-21,28-32H,8H2,1-2H3,(H,25,26,27)/t17-,18?,19+,20-,21-/m0/s1. The van der Waals surface area contributed by atoms with Gasteiger partial charge in [0.15, 0.2) is 0 Å². The van der Waals surface area contributed by atoms with Crippen molar-refractivity contribution in [2.45, 2.75) is 29.7 Å². The maximum atomic E-state index is 10.8. The molecule has 0 saturated carbocycles. The van der Waals surface area contributed by atoms with E-state index in [1.165, 1.54) is 19.5 Å². The molecular weight excluding hydrogens is 550 g/mol. The summed E-state index contributed by atoms with van der Waals surface area (Å²) in [6, 6.07) is 8.46. The summed E-state index contributed by atoms with van der Waals surface area (Å²) in [6.07, 6.45) is -3.56. The van der Waals surface area contributed by atoms with Crippen LogP contribution >= 0.6 is 39.3 Å². The van der Waals surface area contributed by atoms with Crippen molar-refractivity contribution >= 4 is 61.7 Å². The Morgan fingerprint density at radius 2 is 1.82 bits per heavy atom. The number of methoxy groups -OCH3 is 1. The summed E-state index contributed by atoms with van der Waals surface area (Å²) in [6.45, 7) is -0.405. The number of nitrogens with zero attached hydrogens (tertiary/aromatic N) is 2. The summed E-state index contributed by atoms with van der Waals surface area (Å²) in [5, 5.41) is 55.0. The van der Waals surface area contributed by atoms with Gasteiger partial charge in [0.25, 0.3) is 0 Å². The molecule has 34 heavy (non-hydrogen) atoms. The second-order valence-corrected chi connectivity index (χ2v) is 9.80. The third-order valence-electron chi connectivity index (χ3n) is 5.37. The molecule has 0 fully saturated rings. The van der Waals surface area contributed by atoms with Gasteiger partial charge in [-0.1, -0.05) is 11.6 Å². The second kappa shape index (κ2) is 11.8. The van der Waals surface area contributed by atoms with Gasteiger partial charge in [0.1, 0.15) is 36.2 Å². The van der Waals surface area contributed by atoms with Crippen LogP contribution in [-0.2, 0) is 0 Å². The van der Waals surface area contributed by atoms with Gasteiger partial charge in [-0.15, -0.1) is 0 Å². The average molecular weight is 575 g/mol. The minimum atomic E-state index is -1.76. The Balaban J connectivity index is 1.95. The molecule has 0 aliphatic heterocycles. The molecule has 9 nitrogen and oxygen atoms in total. The monoisotopic (exact) mass is 573 g/mol. The number of ether oxygens (including phenoxy) is 1. The predicted molar refractivity (Wildman–Crippen MR) is 136 cm³/mol. The number of anilines is 2. The molecule has 3 rings (SSSR count). The van der Waals surface area contributed by atoms with E-state index in [0.29, 0.717) is 27.4 Å². The Morgan fingerprint density at radius 3 is 2.44 bits per heavy atom. The molecule has 1 unspecified atom stereocenters. The van der Waals surface area contributed by atoms with Gasteiger partial charge in [-0.3, -0.25) is 0 Å². The van der Waals surface area contributed by atoms with Crippen molar-refractivity contribution in [3.63, 3.8) is 0 Å². The van der Waals surface area contributed by atoms with E-state index < -0.39 is 36.3 Å². The van der Waals surface area contributed by atoms with Crippen LogP contribution in [0.1, 0.15) is 11.7 Å². The van der Waals surface area contributed by atoms with E-state index in [4.69, 9.17) is 16.3 Å². The van der Waals surface area contributed by atoms with E-state index >= 15 is 0 Å². The quantitative estimate of drug-likeness (QED) is 0.213. The number of hydrogen-bond acceptors (Lipinski definition) is 10. The number of hydrogen-bond donors (Lipinski definition) is 6. The zero-order valence-electron chi connectivity index (χ0n) is 18.3. The van der Waals surface area contributed by atoms with E-state index in [9.17, 15) is 25.5 Å². The lowest BCUT2D eigenvalue weighted by Gasteiger charge is -2.30. The molecule has 0 bridgehead atoms. The number of benzene rings is 2. The normalized spacial score (nSPS) is 16.0. The summed E-state index contributed by atoms with van der Waals surface area (Å²) >= 11 is 10.7. The zero-order valence-corrected chi connectivity index (χ0v) is 21.4. The molecule has 1 aromatic heterocycles. The van der Waals surface area contributed by atoms with Crippen LogP contribution in [0.4, 0.5) is 11.5 Å². The molecule has 0 aliphatic rings. The summed E-state index contributed by atoms with van der Waals surface area (Å²) in [4.78, 5) is 8.53. The van der Waals surface area contributed by atoms with Crippen molar-refractivity contribution in [1.29, 1.82) is 0 Å². The van der Waals surface area contributed by atoms with Gasteiger partial charge in [-0.25, -0.2) is 9.97 Å². The Hall–Kier alpha value is -1.70. The van der Waals surface area contributed by atoms with E-state index in [2.05, 4.69) is 31.2 Å². The van der Waals surface area contributed by atoms with E-state index in [-0.39, 0.29) is 11.3 Å². The average Bonchev–Trinajstić information content (AvgIpc) is 2.84. The summed E-state index contributed by atoms with van der Waals surface area (Å²) in [5.41, 5.74) is 1.29. The third-order valence-corrected chi connectivity index (χ3v) is 7.64. The number of rotatable bonds is 10. The summed E-state index contributed by atoms with van der Waals surface area (Å²) in [5.74, 6) is 0.681. The highest BCUT2D eigenvalue weighted by Gasteiger charge is 2.36. The number of fused-ring (bicyclic) bond motifs is 1. The first kappa shape index (κ1) is 26.9. The lowest BCUT2D eigenvalue weighted by Crippen LogP contribution is -2.46. The lowest BCUT2D eigenvalue weighted by atomic mass is 9.94. The van der Waals surface area contributed by atoms with Gasteiger partial charge >= 0.3 is 0 Å². The maximum Gasteiger partial charge on any atom is 0.141 e. The molecule has 12 heteroatoms. The predicted octanol–water partition coefficient (Wildman–Crippen LogP) is 2.64. The smallest absolute Gasteiger partial charge is 0.141 e. The zero-order chi connectivity index (χ0) is 25.0. The van der Waals surface area contributed by atoms with Gasteiger partial charge in [0, 0.05) is 21.1 Å². The highest BCUT2D eigenvalue weighted by Crippen LogP contribution is 2.36. The number of aliphatic hydroxyl groups excluding tert-OH is 5. The van der Waals surface area contributed by atoms with Gasteiger partial charge in [-0.2, -0.15) is 11.8 Å². The largest absolute Gasteiger partial charge is 0.496 e. The molecule has 6 N–H and O–H groups in total. The Morgan fingerprint density at radius 1 is 1.09 bits per heavy atom. The molecule has 0 spiro atoms. The van der Waals surface area contributed by atoms with Crippen LogP contribution in [0.5, 0.6) is 5.75 Å². The Bertz CT molecular complexity index is 1140. The fourth-order valence-corrected chi connectivity index (χ4v) is 4.45. The Labute approximate surface area is 213 Å². The molecule has 0 aliphatic carbocycles. The number of thioether (sulfide) groups is 1. The molecule has 2 aromatic carbocycles. The van der Waals surface area contributed by atoms with Crippen molar-refractivity contribution in [3.05, 3.63) is 51.7 Å². The maximum absolute atomic E-state index is 10.8. The first-order valence-electron chi connectivity index (χ1n) is 10.1. The van der Waals surface area contributed by atoms with Crippen molar-refractivity contribution < 1.29 is 30.3 Å². The van der Waals surface area contributed by atoms with Gasteiger partial charge in [-0.05, 0) is 52.5 Å². The minimum Gasteiger partial charge on any atom is -0.496 e. The summed E-state index contributed by atoms with van der Waals surface area (Å²) in [7, 11) is 1.40. The van der Waals surface area contributed by atoms with Crippen LogP contribution in [0.25, 0.3) is 10.9 Å². The summed E-state index contributed by atoms with van der Waals surface area (Å²) < 4.78 is 6.18. The van der Waals surface area contributed by atoms with Gasteiger partial charge in [0.05, 0.1) is 35.6 Å². The van der Waals surface area contributed by atoms with E-state index in [0.717, 1.165) is 16.2 Å². The highest BCUT2D eigenvalue weighted by atomic mass is 79.9. The topological polar surface area (TPSA) is 148 Å². The number of aliphatic hydroxyl groups is 5. The Kier molecular flexibility index (Phi) is 9.35. The highest BCUT2D eigenvalue weighted by molar-refractivity contribution is 9.10. The molecular formula is C22H25BrClN3O6S. The lowest BCUT2D eigenvalue weighted by molar-refractivity contribution is -0.108. The van der Waals surface area contributed by atoms with Gasteiger partial charge in [0.2, 0.25) is 0 Å². The van der Waals surface area contributed by atoms with E-state index in [1.54, 1.807) is 24.5 Å². The molecule has 0 amide bonds. The van der Waals surface area contributed by atoms with Crippen LogP contribution < -0.4 is 10.1 Å². The van der Waals surface area contributed by atoms with Crippen molar-refractivity contribution in [2.75, 3.05) is 25.3 Å². The second-order valence-electron chi connectivity index (χ2n) is 7.46. The number of aromatic nitrogens is 2. The van der Waals surface area contributed by atoms with Crippen LogP contribution in [0.2, 0.25) is 5.02 Å². The first-order chi connectivity index (χ1) is 16.2. The van der Waals surface area contributed by atoms with Crippen molar-refractivity contribution in [2.24, 2.45) is 0 Å². The van der Waals surface area contributed by atoms with Crippen LogP contribution in [0, 0.1) is 0 Å². The van der Waals surface area contributed by atoms with Crippen molar-refractivity contribution in [3.8, 4) is 5.75 Å². The van der Waals surface area contributed by atoms with Crippen LogP contribution in [0.3, 0.4) is 0 Å². The van der Waals surface area contributed by atoms with Gasteiger partial charge < -0.3 is 35.6 Å². The van der Waals surface area contributed by atoms with Crippen molar-refractivity contribution in [1.82, 2.24) is 9.97 Å². The number of halogens is 2. The molecule has 3 aromatic rings. The molecule has 0 radical (unpaired) electrons. The number of nitrogens with one attached hydrogen (secondary N) is 1. The van der Waals surface area contributed by atoms with Crippen LogP contribution in [0.15, 0.2) is 41.1 Å². The molecule has 184 valence electrons. The molecule has 1 heterocycles.